The van der Waals surface area contributed by atoms with Crippen LogP contribution in [0.5, 0.6) is 11.5 Å². The van der Waals surface area contributed by atoms with E-state index in [4.69, 9.17) is 14.6 Å². The standard InChI is InChI=1S/C21H19BrN2O5S/c1-4-29-17-11-15(22)13(9-16(17)28-3)10-18-19(25)24(2)21(30-18)23-14-7-5-6-12(8-14)20(26)27/h5-11H,4H2,1-3H3,(H,26,27)/b18-10+,23-21?. The van der Waals surface area contributed by atoms with Gasteiger partial charge in [-0.3, -0.25) is 9.69 Å². The summed E-state index contributed by atoms with van der Waals surface area (Å²) in [5, 5.41) is 9.60. The number of aromatic carboxylic acids is 1. The highest BCUT2D eigenvalue weighted by Crippen LogP contribution is 2.38. The molecule has 1 aliphatic heterocycles. The summed E-state index contributed by atoms with van der Waals surface area (Å²) >= 11 is 4.73. The van der Waals surface area contributed by atoms with Gasteiger partial charge in [-0.05, 0) is 60.7 Å². The van der Waals surface area contributed by atoms with Crippen LogP contribution >= 0.6 is 27.7 Å². The summed E-state index contributed by atoms with van der Waals surface area (Å²) in [5.74, 6) is -0.0597. The van der Waals surface area contributed by atoms with E-state index in [0.717, 1.165) is 10.0 Å². The minimum Gasteiger partial charge on any atom is -0.493 e. The second-order valence-electron chi connectivity index (χ2n) is 6.18. The number of thioether (sulfide) groups is 1. The van der Waals surface area contributed by atoms with Crippen molar-refractivity contribution in [1.29, 1.82) is 0 Å². The van der Waals surface area contributed by atoms with Crippen LogP contribution in [0.2, 0.25) is 0 Å². The van der Waals surface area contributed by atoms with Gasteiger partial charge < -0.3 is 14.6 Å². The monoisotopic (exact) mass is 490 g/mol. The quantitative estimate of drug-likeness (QED) is 0.585. The second-order valence-corrected chi connectivity index (χ2v) is 8.05. The zero-order valence-electron chi connectivity index (χ0n) is 16.5. The molecule has 156 valence electrons. The Morgan fingerprint density at radius 1 is 1.30 bits per heavy atom. The van der Waals surface area contributed by atoms with Gasteiger partial charge in [0.1, 0.15) is 0 Å². The van der Waals surface area contributed by atoms with Crippen LogP contribution in [0.3, 0.4) is 0 Å². The average Bonchev–Trinajstić information content (AvgIpc) is 2.98. The Bertz CT molecular complexity index is 1070. The van der Waals surface area contributed by atoms with E-state index in [2.05, 4.69) is 20.9 Å². The third-order valence-electron chi connectivity index (χ3n) is 4.19. The van der Waals surface area contributed by atoms with Crippen molar-refractivity contribution in [3.8, 4) is 11.5 Å². The number of rotatable bonds is 6. The Morgan fingerprint density at radius 3 is 2.73 bits per heavy atom. The molecule has 1 N–H and O–H groups in total. The van der Waals surface area contributed by atoms with Crippen molar-refractivity contribution < 1.29 is 24.2 Å². The highest BCUT2D eigenvalue weighted by atomic mass is 79.9. The van der Waals surface area contributed by atoms with Crippen LogP contribution in [0.4, 0.5) is 5.69 Å². The van der Waals surface area contributed by atoms with E-state index in [-0.39, 0.29) is 11.5 Å². The fraction of sp³-hybridized carbons (Fsp3) is 0.190. The Labute approximate surface area is 186 Å². The zero-order valence-corrected chi connectivity index (χ0v) is 18.9. The van der Waals surface area contributed by atoms with Crippen LogP contribution in [0, 0.1) is 0 Å². The Kier molecular flexibility index (Phi) is 6.84. The molecule has 2 aromatic rings. The molecule has 7 nitrogen and oxygen atoms in total. The number of carbonyl (C=O) groups excluding carboxylic acids is 1. The van der Waals surface area contributed by atoms with E-state index < -0.39 is 5.97 Å². The number of hydrogen-bond acceptors (Lipinski definition) is 6. The summed E-state index contributed by atoms with van der Waals surface area (Å²) in [4.78, 5) is 30.2. The molecule has 0 radical (unpaired) electrons. The number of benzene rings is 2. The summed E-state index contributed by atoms with van der Waals surface area (Å²) < 4.78 is 11.7. The van der Waals surface area contributed by atoms with Gasteiger partial charge in [-0.15, -0.1) is 0 Å². The molecule has 0 bridgehead atoms. The maximum absolute atomic E-state index is 12.7. The number of amides is 1. The predicted molar refractivity (Wildman–Crippen MR) is 121 cm³/mol. The molecule has 1 fully saturated rings. The van der Waals surface area contributed by atoms with Gasteiger partial charge in [0.05, 0.1) is 29.9 Å². The van der Waals surface area contributed by atoms with Gasteiger partial charge >= 0.3 is 5.97 Å². The average molecular weight is 491 g/mol. The van der Waals surface area contributed by atoms with E-state index in [1.165, 1.54) is 28.8 Å². The largest absolute Gasteiger partial charge is 0.493 e. The number of hydrogen-bond donors (Lipinski definition) is 1. The van der Waals surface area contributed by atoms with Crippen LogP contribution in [-0.2, 0) is 4.79 Å². The number of likely N-dealkylation sites (N-methyl/N-ethyl adjacent to an activating group) is 1. The molecular weight excluding hydrogens is 472 g/mol. The summed E-state index contributed by atoms with van der Waals surface area (Å²) in [6.45, 7) is 2.39. The first-order chi connectivity index (χ1) is 14.3. The van der Waals surface area contributed by atoms with Gasteiger partial charge in [0.15, 0.2) is 16.7 Å². The highest BCUT2D eigenvalue weighted by molar-refractivity contribution is 9.10. The molecule has 3 rings (SSSR count). The molecular formula is C21H19BrN2O5S. The van der Waals surface area contributed by atoms with Crippen molar-refractivity contribution in [2.24, 2.45) is 4.99 Å². The molecule has 1 saturated heterocycles. The molecule has 0 aliphatic carbocycles. The van der Waals surface area contributed by atoms with E-state index in [0.29, 0.717) is 33.9 Å². The third-order valence-corrected chi connectivity index (χ3v) is 5.94. The maximum Gasteiger partial charge on any atom is 0.335 e. The molecule has 1 heterocycles. The molecule has 9 heteroatoms. The fourth-order valence-electron chi connectivity index (χ4n) is 2.70. The number of nitrogens with zero attached hydrogens (tertiary/aromatic N) is 2. The Morgan fingerprint density at radius 2 is 2.07 bits per heavy atom. The summed E-state index contributed by atoms with van der Waals surface area (Å²) in [6.07, 6.45) is 1.75. The van der Waals surface area contributed by atoms with Crippen molar-refractivity contribution in [3.05, 3.63) is 56.9 Å². The number of ether oxygens (including phenoxy) is 2. The number of carbonyl (C=O) groups is 2. The summed E-state index contributed by atoms with van der Waals surface area (Å²) in [7, 11) is 3.19. The molecule has 0 atom stereocenters. The second kappa shape index (κ2) is 9.36. The normalized spacial score (nSPS) is 16.4. The van der Waals surface area contributed by atoms with Gasteiger partial charge in [0, 0.05) is 11.5 Å². The number of aliphatic imine (C=N–C) groups is 1. The van der Waals surface area contributed by atoms with Gasteiger partial charge in [0.2, 0.25) is 0 Å². The summed E-state index contributed by atoms with van der Waals surface area (Å²) in [6, 6.07) is 9.85. The zero-order chi connectivity index (χ0) is 21.8. The predicted octanol–water partition coefficient (Wildman–Crippen LogP) is 4.79. The van der Waals surface area contributed by atoms with E-state index >= 15 is 0 Å². The fourth-order valence-corrected chi connectivity index (χ4v) is 4.12. The minimum atomic E-state index is -1.03. The first-order valence-corrected chi connectivity index (χ1v) is 10.5. The Balaban J connectivity index is 1.94. The molecule has 0 unspecified atom stereocenters. The lowest BCUT2D eigenvalue weighted by molar-refractivity contribution is -0.121. The number of methoxy groups -OCH3 is 1. The number of halogens is 1. The topological polar surface area (TPSA) is 88.4 Å². The van der Waals surface area contributed by atoms with Crippen molar-refractivity contribution in [2.75, 3.05) is 20.8 Å². The van der Waals surface area contributed by atoms with Gasteiger partial charge in [-0.25, -0.2) is 9.79 Å². The van der Waals surface area contributed by atoms with Crippen molar-refractivity contribution in [3.63, 3.8) is 0 Å². The summed E-state index contributed by atoms with van der Waals surface area (Å²) in [5.41, 5.74) is 1.35. The molecule has 1 aliphatic rings. The number of carboxylic acids is 1. The molecule has 30 heavy (non-hydrogen) atoms. The maximum atomic E-state index is 12.7. The highest BCUT2D eigenvalue weighted by Gasteiger charge is 2.30. The van der Waals surface area contributed by atoms with Crippen LogP contribution in [0.15, 0.2) is 50.8 Å². The van der Waals surface area contributed by atoms with Gasteiger partial charge in [-0.2, -0.15) is 0 Å². The molecule has 0 spiro atoms. The van der Waals surface area contributed by atoms with Crippen molar-refractivity contribution in [2.45, 2.75) is 6.92 Å². The van der Waals surface area contributed by atoms with Crippen LogP contribution in [0.25, 0.3) is 6.08 Å². The van der Waals surface area contributed by atoms with E-state index in [9.17, 15) is 9.59 Å². The third kappa shape index (κ3) is 4.68. The number of amidine groups is 1. The first kappa shape index (κ1) is 21.9. The van der Waals surface area contributed by atoms with Crippen LogP contribution in [-0.4, -0.2) is 47.8 Å². The molecule has 2 aromatic carbocycles. The lowest BCUT2D eigenvalue weighted by Crippen LogP contribution is -2.23. The van der Waals surface area contributed by atoms with Gasteiger partial charge in [-0.1, -0.05) is 22.0 Å². The molecule has 0 saturated carbocycles. The lowest BCUT2D eigenvalue weighted by Gasteiger charge is -2.11. The van der Waals surface area contributed by atoms with E-state index in [1.54, 1.807) is 44.5 Å². The van der Waals surface area contributed by atoms with Crippen molar-refractivity contribution in [1.82, 2.24) is 4.90 Å². The lowest BCUT2D eigenvalue weighted by atomic mass is 10.2. The van der Waals surface area contributed by atoms with Gasteiger partial charge in [0.25, 0.3) is 5.91 Å². The van der Waals surface area contributed by atoms with Crippen LogP contribution < -0.4 is 9.47 Å². The SMILES string of the molecule is CCOc1cc(Br)c(/C=C2/SC(=Nc3cccc(C(=O)O)c3)N(C)C2=O)cc1OC. The van der Waals surface area contributed by atoms with E-state index in [1.807, 2.05) is 6.92 Å². The number of carboxylic acid groups (broad SMARTS) is 1. The smallest absolute Gasteiger partial charge is 0.335 e. The molecule has 1 amide bonds. The molecule has 0 aromatic heterocycles. The van der Waals surface area contributed by atoms with Crippen molar-refractivity contribution >= 4 is 56.5 Å². The minimum absolute atomic E-state index is 0.134. The first-order valence-electron chi connectivity index (χ1n) is 8.94. The van der Waals surface area contributed by atoms with Crippen LogP contribution in [0.1, 0.15) is 22.8 Å². The Hall–Kier alpha value is -2.78.